The summed E-state index contributed by atoms with van der Waals surface area (Å²) in [6.07, 6.45) is 0. The molecule has 0 saturated heterocycles. The maximum atomic E-state index is 11.5. The molecule has 1 aromatic heterocycles. The van der Waals surface area contributed by atoms with Crippen LogP contribution in [0.15, 0.2) is 23.0 Å². The SMILES string of the molecule is COc1nc(=O)n(C)n1-c1c(C)cccc1O. The van der Waals surface area contributed by atoms with Crippen LogP contribution in [-0.2, 0) is 7.05 Å². The number of rotatable bonds is 2. The zero-order valence-corrected chi connectivity index (χ0v) is 9.84. The van der Waals surface area contributed by atoms with Gasteiger partial charge in [-0.3, -0.25) is 0 Å². The van der Waals surface area contributed by atoms with E-state index in [4.69, 9.17) is 4.74 Å². The highest BCUT2D eigenvalue weighted by Crippen LogP contribution is 2.27. The summed E-state index contributed by atoms with van der Waals surface area (Å²) in [7, 11) is 2.98. The molecule has 0 radical (unpaired) electrons. The van der Waals surface area contributed by atoms with E-state index in [-0.39, 0.29) is 11.8 Å². The molecule has 0 unspecified atom stereocenters. The van der Waals surface area contributed by atoms with E-state index < -0.39 is 5.69 Å². The lowest BCUT2D eigenvalue weighted by molar-refractivity contribution is 0.357. The highest BCUT2D eigenvalue weighted by molar-refractivity contribution is 5.51. The molecule has 1 heterocycles. The lowest BCUT2D eigenvalue weighted by Crippen LogP contribution is -2.19. The molecular formula is C11H13N3O3. The highest BCUT2D eigenvalue weighted by Gasteiger charge is 2.17. The number of aromatic hydroxyl groups is 1. The van der Waals surface area contributed by atoms with Gasteiger partial charge in [-0.1, -0.05) is 12.1 Å². The fraction of sp³-hybridized carbons (Fsp3) is 0.273. The van der Waals surface area contributed by atoms with Crippen LogP contribution in [0.2, 0.25) is 0 Å². The lowest BCUT2D eigenvalue weighted by Gasteiger charge is -2.13. The van der Waals surface area contributed by atoms with Crippen LogP contribution < -0.4 is 10.4 Å². The van der Waals surface area contributed by atoms with Crippen LogP contribution in [0.1, 0.15) is 5.56 Å². The molecule has 6 heteroatoms. The number of methoxy groups -OCH3 is 1. The lowest BCUT2D eigenvalue weighted by atomic mass is 10.2. The third-order valence-corrected chi connectivity index (χ3v) is 2.56. The Kier molecular flexibility index (Phi) is 2.63. The second-order valence-corrected chi connectivity index (χ2v) is 3.66. The normalized spacial score (nSPS) is 10.5. The van der Waals surface area contributed by atoms with Crippen molar-refractivity contribution in [1.82, 2.24) is 14.3 Å². The first-order valence-electron chi connectivity index (χ1n) is 5.05. The largest absolute Gasteiger partial charge is 0.506 e. The smallest absolute Gasteiger partial charge is 0.367 e. The molecule has 0 amide bonds. The summed E-state index contributed by atoms with van der Waals surface area (Å²) in [6.45, 7) is 1.83. The van der Waals surface area contributed by atoms with Crippen LogP contribution in [0.25, 0.3) is 5.69 Å². The molecular weight excluding hydrogens is 222 g/mol. The van der Waals surface area contributed by atoms with E-state index >= 15 is 0 Å². The van der Waals surface area contributed by atoms with Crippen LogP contribution >= 0.6 is 0 Å². The number of aromatic nitrogens is 3. The predicted molar refractivity (Wildman–Crippen MR) is 61.8 cm³/mol. The predicted octanol–water partition coefficient (Wildman–Crippen LogP) is 0.594. The number of benzene rings is 1. The van der Waals surface area contributed by atoms with Gasteiger partial charge in [0.15, 0.2) is 0 Å². The fourth-order valence-corrected chi connectivity index (χ4v) is 1.71. The summed E-state index contributed by atoms with van der Waals surface area (Å²) in [5.74, 6) is 0.0660. The van der Waals surface area contributed by atoms with Crippen molar-refractivity contribution in [3.8, 4) is 17.4 Å². The van der Waals surface area contributed by atoms with E-state index in [0.717, 1.165) is 5.56 Å². The van der Waals surface area contributed by atoms with Crippen molar-refractivity contribution in [3.05, 3.63) is 34.2 Å². The number of para-hydroxylation sites is 1. The maximum Gasteiger partial charge on any atom is 0.367 e. The number of hydrogen-bond donors (Lipinski definition) is 1. The van der Waals surface area contributed by atoms with Crippen molar-refractivity contribution in [2.75, 3.05) is 7.11 Å². The van der Waals surface area contributed by atoms with Crippen molar-refractivity contribution < 1.29 is 9.84 Å². The Morgan fingerprint density at radius 3 is 2.71 bits per heavy atom. The summed E-state index contributed by atoms with van der Waals surface area (Å²) in [6, 6.07) is 5.25. The average molecular weight is 235 g/mol. The number of nitrogens with zero attached hydrogens (tertiary/aromatic N) is 3. The quantitative estimate of drug-likeness (QED) is 0.827. The minimum atomic E-state index is -0.440. The molecule has 6 nitrogen and oxygen atoms in total. The minimum Gasteiger partial charge on any atom is -0.506 e. The first-order chi connectivity index (χ1) is 8.06. The Bertz CT molecular complexity index is 593. The molecule has 0 aliphatic rings. The van der Waals surface area contributed by atoms with Gasteiger partial charge in [0.25, 0.3) is 0 Å². The van der Waals surface area contributed by atoms with Crippen LogP contribution in [0, 0.1) is 6.92 Å². The van der Waals surface area contributed by atoms with Gasteiger partial charge in [-0.25, -0.2) is 9.48 Å². The summed E-state index contributed by atoms with van der Waals surface area (Å²) in [5.41, 5.74) is 0.863. The molecule has 2 rings (SSSR count). The van der Waals surface area contributed by atoms with Crippen molar-refractivity contribution >= 4 is 0 Å². The van der Waals surface area contributed by atoms with Crippen LogP contribution in [0.4, 0.5) is 0 Å². The Balaban J connectivity index is 2.81. The molecule has 0 aliphatic heterocycles. The molecule has 0 spiro atoms. The summed E-state index contributed by atoms with van der Waals surface area (Å²) in [4.78, 5) is 15.2. The van der Waals surface area contributed by atoms with Crippen molar-refractivity contribution in [1.29, 1.82) is 0 Å². The van der Waals surface area contributed by atoms with Crippen molar-refractivity contribution in [2.24, 2.45) is 7.05 Å². The Labute approximate surface area is 97.7 Å². The molecule has 90 valence electrons. The van der Waals surface area contributed by atoms with Crippen LogP contribution in [0.5, 0.6) is 11.8 Å². The van der Waals surface area contributed by atoms with Gasteiger partial charge < -0.3 is 9.84 Å². The number of ether oxygens (including phenoxy) is 1. The molecule has 17 heavy (non-hydrogen) atoms. The molecule has 1 N–H and O–H groups in total. The summed E-state index contributed by atoms with van der Waals surface area (Å²) in [5, 5.41) is 9.88. The summed E-state index contributed by atoms with van der Waals surface area (Å²) < 4.78 is 7.75. The zero-order chi connectivity index (χ0) is 12.6. The van der Waals surface area contributed by atoms with Gasteiger partial charge in [-0.15, -0.1) is 4.98 Å². The van der Waals surface area contributed by atoms with Gasteiger partial charge in [-0.05, 0) is 18.6 Å². The highest BCUT2D eigenvalue weighted by atomic mass is 16.5. The molecule has 0 atom stereocenters. The third kappa shape index (κ3) is 1.67. The van der Waals surface area contributed by atoms with E-state index in [9.17, 15) is 9.90 Å². The summed E-state index contributed by atoms with van der Waals surface area (Å²) >= 11 is 0. The molecule has 0 bridgehead atoms. The number of phenols is 1. The van der Waals surface area contributed by atoms with E-state index in [1.807, 2.05) is 13.0 Å². The van der Waals surface area contributed by atoms with Crippen LogP contribution in [-0.4, -0.2) is 26.6 Å². The molecule has 2 aromatic rings. The van der Waals surface area contributed by atoms with Gasteiger partial charge in [0.05, 0.1) is 7.11 Å². The number of aryl methyl sites for hydroxylation is 1. The van der Waals surface area contributed by atoms with E-state index in [0.29, 0.717) is 5.69 Å². The Hall–Kier alpha value is -2.24. The fourth-order valence-electron chi connectivity index (χ4n) is 1.71. The van der Waals surface area contributed by atoms with E-state index in [1.165, 1.54) is 16.5 Å². The van der Waals surface area contributed by atoms with Gasteiger partial charge in [0, 0.05) is 7.05 Å². The topological polar surface area (TPSA) is 69.3 Å². The van der Waals surface area contributed by atoms with Crippen molar-refractivity contribution in [3.63, 3.8) is 0 Å². The molecule has 1 aromatic carbocycles. The first kappa shape index (κ1) is 11.3. The van der Waals surface area contributed by atoms with Crippen molar-refractivity contribution in [2.45, 2.75) is 6.92 Å². The maximum absolute atomic E-state index is 11.5. The minimum absolute atomic E-state index is 0.0660. The third-order valence-electron chi connectivity index (χ3n) is 2.56. The van der Waals surface area contributed by atoms with Crippen LogP contribution in [0.3, 0.4) is 0 Å². The van der Waals surface area contributed by atoms with Gasteiger partial charge in [0.2, 0.25) is 0 Å². The monoisotopic (exact) mass is 235 g/mol. The first-order valence-corrected chi connectivity index (χ1v) is 5.05. The van der Waals surface area contributed by atoms with E-state index in [1.54, 1.807) is 19.2 Å². The Morgan fingerprint density at radius 2 is 2.12 bits per heavy atom. The molecule has 0 fully saturated rings. The van der Waals surface area contributed by atoms with Gasteiger partial charge >= 0.3 is 11.7 Å². The number of hydrogen-bond acceptors (Lipinski definition) is 4. The second-order valence-electron chi connectivity index (χ2n) is 3.66. The standard InChI is InChI=1S/C11H13N3O3/c1-7-5-4-6-8(15)9(7)14-11(17-3)12-10(16)13(14)2/h4-6,15H,1-3H3. The number of phenolic OH excluding ortho intramolecular Hbond substituents is 1. The zero-order valence-electron chi connectivity index (χ0n) is 9.84. The molecule has 0 saturated carbocycles. The second kappa shape index (κ2) is 3.97. The molecule has 0 aliphatic carbocycles. The Morgan fingerprint density at radius 1 is 1.41 bits per heavy atom. The van der Waals surface area contributed by atoms with Gasteiger partial charge in [-0.2, -0.15) is 4.68 Å². The van der Waals surface area contributed by atoms with E-state index in [2.05, 4.69) is 4.98 Å². The van der Waals surface area contributed by atoms with Gasteiger partial charge in [0.1, 0.15) is 11.4 Å². The average Bonchev–Trinajstić information content (AvgIpc) is 2.56.